The first kappa shape index (κ1) is 12.3. The second-order valence-electron chi connectivity index (χ2n) is 2.31. The molecule has 0 unspecified atom stereocenters. The van der Waals surface area contributed by atoms with E-state index in [1.165, 1.54) is 0 Å². The highest BCUT2D eigenvalue weighted by molar-refractivity contribution is 6.47. The van der Waals surface area contributed by atoms with Crippen LogP contribution < -0.4 is 0 Å². The van der Waals surface area contributed by atoms with Crippen LogP contribution in [0.5, 0.6) is 0 Å². The van der Waals surface area contributed by atoms with Crippen molar-refractivity contribution in [2.45, 2.75) is 17.6 Å². The molecule has 0 bridgehead atoms. The van der Waals surface area contributed by atoms with Crippen LogP contribution in [-0.2, 0) is 9.59 Å². The first-order valence-corrected chi connectivity index (χ1v) is 3.73. The lowest BCUT2D eigenvalue weighted by molar-refractivity contribution is -0.150. The normalized spacial score (nSPS) is 17.5. The van der Waals surface area contributed by atoms with Crippen molar-refractivity contribution in [3.8, 4) is 0 Å². The van der Waals surface area contributed by atoms with E-state index in [1.807, 2.05) is 0 Å². The zero-order chi connectivity index (χ0) is 10.6. The molecule has 0 rings (SSSR count). The van der Waals surface area contributed by atoms with E-state index in [9.17, 15) is 9.59 Å². The standard InChI is InChI=1S/C6H9ClO6/c7-3(5(11)6(12)13)4(10)2(9)1-8/h2-4,8-10H,1H2,(H,12,13)/t2-,3-,4+/m0/s1. The maximum atomic E-state index is 10.6. The van der Waals surface area contributed by atoms with Crippen molar-refractivity contribution in [3.05, 3.63) is 0 Å². The molecule has 0 aliphatic carbocycles. The molecule has 0 aromatic heterocycles. The van der Waals surface area contributed by atoms with Crippen molar-refractivity contribution in [1.82, 2.24) is 0 Å². The second kappa shape index (κ2) is 5.13. The first-order valence-electron chi connectivity index (χ1n) is 3.30. The minimum Gasteiger partial charge on any atom is -0.475 e. The van der Waals surface area contributed by atoms with E-state index in [0.29, 0.717) is 0 Å². The van der Waals surface area contributed by atoms with Crippen molar-refractivity contribution in [3.63, 3.8) is 0 Å². The molecule has 0 aliphatic heterocycles. The number of halogens is 1. The summed E-state index contributed by atoms with van der Waals surface area (Å²) < 4.78 is 0. The van der Waals surface area contributed by atoms with Gasteiger partial charge in [-0.25, -0.2) is 4.79 Å². The molecule has 76 valence electrons. The number of aliphatic hydroxyl groups excluding tert-OH is 3. The lowest BCUT2D eigenvalue weighted by atomic mass is 10.1. The van der Waals surface area contributed by atoms with E-state index in [1.54, 1.807) is 0 Å². The Labute approximate surface area is 78.4 Å². The zero-order valence-corrected chi connectivity index (χ0v) is 7.18. The third kappa shape index (κ3) is 3.27. The highest BCUT2D eigenvalue weighted by Crippen LogP contribution is 2.08. The molecule has 0 aromatic rings. The molecule has 0 saturated heterocycles. The number of carboxylic acid groups (broad SMARTS) is 1. The molecule has 13 heavy (non-hydrogen) atoms. The maximum Gasteiger partial charge on any atom is 0.373 e. The molecule has 0 aromatic carbocycles. The number of rotatable bonds is 5. The highest BCUT2D eigenvalue weighted by Gasteiger charge is 2.33. The summed E-state index contributed by atoms with van der Waals surface area (Å²) in [5.74, 6) is -3.23. The van der Waals surface area contributed by atoms with E-state index in [2.05, 4.69) is 0 Å². The van der Waals surface area contributed by atoms with Gasteiger partial charge in [0, 0.05) is 0 Å². The molecular formula is C6H9ClO6. The number of ketones is 1. The zero-order valence-electron chi connectivity index (χ0n) is 6.42. The average Bonchev–Trinajstić information content (AvgIpc) is 2.12. The molecule has 0 saturated carbocycles. The predicted molar refractivity (Wildman–Crippen MR) is 41.4 cm³/mol. The minimum absolute atomic E-state index is 0.808. The van der Waals surface area contributed by atoms with Crippen LogP contribution >= 0.6 is 11.6 Å². The molecule has 0 spiro atoms. The Kier molecular flexibility index (Phi) is 4.86. The second-order valence-corrected chi connectivity index (χ2v) is 2.78. The summed E-state index contributed by atoms with van der Waals surface area (Å²) >= 11 is 5.20. The fourth-order valence-corrected chi connectivity index (χ4v) is 0.837. The summed E-state index contributed by atoms with van der Waals surface area (Å²) in [4.78, 5) is 20.7. The Morgan fingerprint density at radius 3 is 2.08 bits per heavy atom. The lowest BCUT2D eigenvalue weighted by Gasteiger charge is -2.18. The number of Topliss-reactive ketones (excluding diaryl/α,β-unsaturated/α-hetero) is 1. The fraction of sp³-hybridized carbons (Fsp3) is 0.667. The van der Waals surface area contributed by atoms with Gasteiger partial charge in [-0.05, 0) is 0 Å². The summed E-state index contributed by atoms with van der Waals surface area (Å²) in [6.07, 6.45) is -3.43. The third-order valence-corrected chi connectivity index (χ3v) is 1.80. The number of hydrogen-bond donors (Lipinski definition) is 4. The molecular weight excluding hydrogens is 204 g/mol. The van der Waals surface area contributed by atoms with E-state index in [-0.39, 0.29) is 0 Å². The van der Waals surface area contributed by atoms with Crippen molar-refractivity contribution in [1.29, 1.82) is 0 Å². The van der Waals surface area contributed by atoms with Crippen molar-refractivity contribution in [2.75, 3.05) is 6.61 Å². The van der Waals surface area contributed by atoms with Crippen molar-refractivity contribution >= 4 is 23.4 Å². The van der Waals surface area contributed by atoms with Crippen molar-refractivity contribution in [2.24, 2.45) is 0 Å². The number of alkyl halides is 1. The molecule has 6 nitrogen and oxygen atoms in total. The van der Waals surface area contributed by atoms with Gasteiger partial charge in [0.1, 0.15) is 17.6 Å². The fourth-order valence-electron chi connectivity index (χ4n) is 0.576. The third-order valence-electron chi connectivity index (χ3n) is 1.34. The summed E-state index contributed by atoms with van der Waals surface area (Å²) in [5, 5.41) is 32.5. The van der Waals surface area contributed by atoms with Crippen LogP contribution in [0.2, 0.25) is 0 Å². The molecule has 3 atom stereocenters. The van der Waals surface area contributed by atoms with Crippen LogP contribution in [0.4, 0.5) is 0 Å². The quantitative estimate of drug-likeness (QED) is 0.308. The molecule has 0 amide bonds. The van der Waals surface area contributed by atoms with Gasteiger partial charge in [0.05, 0.1) is 6.61 Å². The predicted octanol–water partition coefficient (Wildman–Crippen LogP) is -2.04. The lowest BCUT2D eigenvalue weighted by Crippen LogP contribution is -2.43. The highest BCUT2D eigenvalue weighted by atomic mass is 35.5. The van der Waals surface area contributed by atoms with Gasteiger partial charge in [0.25, 0.3) is 5.78 Å². The van der Waals surface area contributed by atoms with E-state index < -0.39 is 35.9 Å². The number of carboxylic acids is 1. The smallest absolute Gasteiger partial charge is 0.373 e. The number of aliphatic carboxylic acids is 1. The maximum absolute atomic E-state index is 10.6. The molecule has 7 heteroatoms. The Balaban J connectivity index is 4.33. The van der Waals surface area contributed by atoms with Gasteiger partial charge < -0.3 is 20.4 Å². The van der Waals surface area contributed by atoms with Crippen LogP contribution in [0.15, 0.2) is 0 Å². The summed E-state index contributed by atoms with van der Waals surface area (Å²) in [7, 11) is 0. The SMILES string of the molecule is O=C(O)C(=O)[C@@H](Cl)[C@H](O)[C@@H](O)CO. The molecule has 4 N–H and O–H groups in total. The van der Waals surface area contributed by atoms with Gasteiger partial charge >= 0.3 is 5.97 Å². The van der Waals surface area contributed by atoms with Gasteiger partial charge in [-0.2, -0.15) is 0 Å². The molecule has 0 heterocycles. The Hall–Kier alpha value is -0.690. The van der Waals surface area contributed by atoms with Crippen LogP contribution in [0.3, 0.4) is 0 Å². The van der Waals surface area contributed by atoms with Gasteiger partial charge in [-0.1, -0.05) is 0 Å². The molecule has 0 fully saturated rings. The van der Waals surface area contributed by atoms with E-state index in [0.717, 1.165) is 0 Å². The largest absolute Gasteiger partial charge is 0.475 e. The van der Waals surface area contributed by atoms with Crippen LogP contribution in [0.25, 0.3) is 0 Å². The molecule has 0 aliphatic rings. The molecule has 0 radical (unpaired) electrons. The average molecular weight is 213 g/mol. The number of hydrogen-bond acceptors (Lipinski definition) is 5. The number of carbonyl (C=O) groups is 2. The Morgan fingerprint density at radius 1 is 1.31 bits per heavy atom. The monoisotopic (exact) mass is 212 g/mol. The van der Waals surface area contributed by atoms with Crippen molar-refractivity contribution < 1.29 is 30.0 Å². The van der Waals surface area contributed by atoms with Gasteiger partial charge in [0.2, 0.25) is 0 Å². The van der Waals surface area contributed by atoms with Gasteiger partial charge in [0.15, 0.2) is 0 Å². The van der Waals surface area contributed by atoms with E-state index >= 15 is 0 Å². The van der Waals surface area contributed by atoms with Gasteiger partial charge in [-0.15, -0.1) is 11.6 Å². The van der Waals surface area contributed by atoms with Crippen LogP contribution in [0.1, 0.15) is 0 Å². The summed E-state index contributed by atoms with van der Waals surface area (Å²) in [5.41, 5.74) is 0. The van der Waals surface area contributed by atoms with Gasteiger partial charge in [-0.3, -0.25) is 4.79 Å². The number of carbonyl (C=O) groups excluding carboxylic acids is 1. The first-order chi connectivity index (χ1) is 5.91. The Morgan fingerprint density at radius 2 is 1.77 bits per heavy atom. The summed E-state index contributed by atoms with van der Waals surface area (Å²) in [6.45, 7) is -0.808. The minimum atomic E-state index is -1.80. The van der Waals surface area contributed by atoms with Crippen LogP contribution in [-0.4, -0.2) is 56.4 Å². The number of aliphatic hydroxyl groups is 3. The topological polar surface area (TPSA) is 115 Å². The van der Waals surface area contributed by atoms with Crippen LogP contribution in [0, 0.1) is 0 Å². The van der Waals surface area contributed by atoms with E-state index in [4.69, 9.17) is 32.0 Å². The Bertz CT molecular complexity index is 205. The summed E-state index contributed by atoms with van der Waals surface area (Å²) in [6, 6.07) is 0.